The van der Waals surface area contributed by atoms with Crippen molar-refractivity contribution in [2.24, 2.45) is 5.73 Å². The number of methoxy groups -OCH3 is 2. The summed E-state index contributed by atoms with van der Waals surface area (Å²) in [5.41, 5.74) is 8.75. The van der Waals surface area contributed by atoms with Crippen LogP contribution >= 0.6 is 0 Å². The number of fused-ring (bicyclic) bond motifs is 1. The fourth-order valence-electron chi connectivity index (χ4n) is 3.87. The van der Waals surface area contributed by atoms with Gasteiger partial charge in [0.05, 0.1) is 25.9 Å². The molecule has 1 heterocycles. The molecule has 0 aliphatic carbocycles. The number of benzene rings is 3. The first-order valence-corrected chi connectivity index (χ1v) is 11.0. The summed E-state index contributed by atoms with van der Waals surface area (Å²) in [5, 5.41) is 0.684. The Hall–Kier alpha value is -3.84. The Bertz CT molecular complexity index is 1260. The zero-order valence-electron chi connectivity index (χ0n) is 19.5. The summed E-state index contributed by atoms with van der Waals surface area (Å²) in [6, 6.07) is 20.2. The average Bonchev–Trinajstić information content (AvgIpc) is 2.85. The molecule has 0 aliphatic rings. The lowest BCUT2D eigenvalue weighted by Crippen LogP contribution is -2.41. The number of aromatic nitrogens is 1. The summed E-state index contributed by atoms with van der Waals surface area (Å²) in [6.07, 6.45) is 2.13. The summed E-state index contributed by atoms with van der Waals surface area (Å²) in [6.45, 7) is 2.55. The van der Waals surface area contributed by atoms with Gasteiger partial charge in [0.2, 0.25) is 0 Å². The van der Waals surface area contributed by atoms with Crippen LogP contribution in [0.15, 0.2) is 72.9 Å². The summed E-state index contributed by atoms with van der Waals surface area (Å²) in [5.74, 6) is 1.19. The van der Waals surface area contributed by atoms with E-state index in [1.54, 1.807) is 44.7 Å². The van der Waals surface area contributed by atoms with E-state index < -0.39 is 5.82 Å². The molecule has 0 spiro atoms. The van der Waals surface area contributed by atoms with Crippen molar-refractivity contribution < 1.29 is 18.6 Å². The van der Waals surface area contributed by atoms with Gasteiger partial charge in [-0.05, 0) is 43.2 Å². The molecule has 34 heavy (non-hydrogen) atoms. The molecule has 0 aliphatic heterocycles. The molecule has 3 aromatic carbocycles. The van der Waals surface area contributed by atoms with Gasteiger partial charge in [0, 0.05) is 35.9 Å². The van der Waals surface area contributed by atoms with Crippen LogP contribution in [-0.4, -0.2) is 31.9 Å². The highest BCUT2D eigenvalue weighted by Gasteiger charge is 2.16. The van der Waals surface area contributed by atoms with Gasteiger partial charge in [0.15, 0.2) is 23.1 Å². The minimum absolute atomic E-state index is 0.110. The van der Waals surface area contributed by atoms with E-state index in [9.17, 15) is 0 Å². The topological polar surface area (TPSA) is 69.8 Å². The molecule has 0 radical (unpaired) electrons. The Balaban J connectivity index is 1.59. The lowest BCUT2D eigenvalue weighted by Gasteiger charge is -2.29. The van der Waals surface area contributed by atoms with Gasteiger partial charge in [0.25, 0.3) is 0 Å². The molecule has 0 saturated heterocycles. The summed E-state index contributed by atoms with van der Waals surface area (Å²) in [7, 11) is 3.12. The second-order valence-electron chi connectivity index (χ2n) is 7.92. The van der Waals surface area contributed by atoms with Gasteiger partial charge in [-0.2, -0.15) is 0 Å². The zero-order valence-corrected chi connectivity index (χ0v) is 19.5. The van der Waals surface area contributed by atoms with Crippen LogP contribution in [0.3, 0.4) is 0 Å². The van der Waals surface area contributed by atoms with E-state index in [4.69, 9.17) is 19.9 Å². The van der Waals surface area contributed by atoms with Crippen molar-refractivity contribution >= 4 is 16.6 Å². The molecule has 4 rings (SSSR count). The molecule has 0 fully saturated rings. The fraction of sp³-hybridized carbons (Fsp3) is 0.222. The Morgan fingerprint density at radius 2 is 1.65 bits per heavy atom. The maximum Gasteiger partial charge on any atom is 0.167 e. The van der Waals surface area contributed by atoms with E-state index in [1.807, 2.05) is 36.1 Å². The molecular formula is C27H28FN3O3. The Morgan fingerprint density at radius 3 is 2.32 bits per heavy atom. The van der Waals surface area contributed by atoms with E-state index in [2.05, 4.69) is 17.1 Å². The van der Waals surface area contributed by atoms with E-state index >= 15 is 4.39 Å². The van der Waals surface area contributed by atoms with Crippen LogP contribution in [0.5, 0.6) is 23.0 Å². The lowest BCUT2D eigenvalue weighted by molar-refractivity contribution is 0.355. The van der Waals surface area contributed by atoms with Crippen LogP contribution in [0, 0.1) is 5.82 Å². The molecule has 4 aromatic rings. The van der Waals surface area contributed by atoms with Gasteiger partial charge >= 0.3 is 0 Å². The number of nitrogens with two attached hydrogens (primary N) is 1. The van der Waals surface area contributed by atoms with Crippen LogP contribution < -0.4 is 24.8 Å². The van der Waals surface area contributed by atoms with Crippen molar-refractivity contribution in [3.05, 3.63) is 84.3 Å². The second kappa shape index (κ2) is 10.4. The van der Waals surface area contributed by atoms with Crippen LogP contribution in [0.1, 0.15) is 12.5 Å². The maximum absolute atomic E-state index is 15.1. The van der Waals surface area contributed by atoms with Crippen molar-refractivity contribution in [3.63, 3.8) is 0 Å². The van der Waals surface area contributed by atoms with E-state index in [0.29, 0.717) is 40.4 Å². The predicted molar refractivity (Wildman–Crippen MR) is 132 cm³/mol. The third kappa shape index (κ3) is 5.05. The van der Waals surface area contributed by atoms with Crippen molar-refractivity contribution in [1.82, 2.24) is 4.98 Å². The highest BCUT2D eigenvalue weighted by atomic mass is 19.1. The summed E-state index contributed by atoms with van der Waals surface area (Å²) in [4.78, 5) is 6.33. The van der Waals surface area contributed by atoms with Gasteiger partial charge in [-0.15, -0.1) is 0 Å². The number of halogens is 1. The van der Waals surface area contributed by atoms with E-state index in [-0.39, 0.29) is 11.9 Å². The molecule has 1 aromatic heterocycles. The number of hydrogen-bond donors (Lipinski definition) is 1. The molecular weight excluding hydrogens is 433 g/mol. The third-order valence-electron chi connectivity index (χ3n) is 5.65. The second-order valence-corrected chi connectivity index (χ2v) is 7.92. The average molecular weight is 462 g/mol. The smallest absolute Gasteiger partial charge is 0.167 e. The van der Waals surface area contributed by atoms with Gasteiger partial charge in [-0.25, -0.2) is 4.39 Å². The normalized spacial score (nSPS) is 11.8. The van der Waals surface area contributed by atoms with Crippen molar-refractivity contribution in [2.45, 2.75) is 19.5 Å². The highest BCUT2D eigenvalue weighted by molar-refractivity contribution is 5.88. The zero-order chi connectivity index (χ0) is 24.1. The van der Waals surface area contributed by atoms with Gasteiger partial charge < -0.3 is 24.8 Å². The lowest BCUT2D eigenvalue weighted by atomic mass is 10.1. The summed E-state index contributed by atoms with van der Waals surface area (Å²) < 4.78 is 31.8. The first-order valence-electron chi connectivity index (χ1n) is 11.0. The monoisotopic (exact) mass is 461 g/mol. The van der Waals surface area contributed by atoms with Crippen molar-refractivity contribution in [1.29, 1.82) is 0 Å². The van der Waals surface area contributed by atoms with Crippen LogP contribution in [0.25, 0.3) is 10.9 Å². The quantitative estimate of drug-likeness (QED) is 0.330. The number of anilines is 1. The molecule has 176 valence electrons. The first-order chi connectivity index (χ1) is 16.5. The number of hydrogen-bond acceptors (Lipinski definition) is 6. The molecule has 0 bridgehead atoms. The van der Waals surface area contributed by atoms with Gasteiger partial charge in [-0.1, -0.05) is 30.3 Å². The summed E-state index contributed by atoms with van der Waals surface area (Å²) >= 11 is 0. The standard InChI is InChI=1S/C27H28FN3O3/c1-18(29)31(14-12-19-7-5-4-6-8-19)20-9-10-25(22(28)15-20)34-24-11-13-30-23-17-27(33-3)26(32-2)16-21(23)24/h4-11,13,15-18H,12,14,29H2,1-3H3. The molecule has 7 heteroatoms. The van der Waals surface area contributed by atoms with Crippen molar-refractivity contribution in [2.75, 3.05) is 25.7 Å². The Morgan fingerprint density at radius 1 is 0.912 bits per heavy atom. The third-order valence-corrected chi connectivity index (χ3v) is 5.65. The van der Waals surface area contributed by atoms with E-state index in [0.717, 1.165) is 6.42 Å². The molecule has 6 nitrogen and oxygen atoms in total. The molecule has 0 saturated carbocycles. The largest absolute Gasteiger partial charge is 0.493 e. The SMILES string of the molecule is COc1cc2nccc(Oc3ccc(N(CCc4ccccc4)C(C)N)cc3F)c2cc1OC. The van der Waals surface area contributed by atoms with E-state index in [1.165, 1.54) is 11.6 Å². The van der Waals surface area contributed by atoms with Gasteiger partial charge in [-0.3, -0.25) is 4.98 Å². The molecule has 1 unspecified atom stereocenters. The van der Waals surface area contributed by atoms with Crippen LogP contribution in [0.4, 0.5) is 10.1 Å². The van der Waals surface area contributed by atoms with Crippen LogP contribution in [-0.2, 0) is 6.42 Å². The minimum Gasteiger partial charge on any atom is -0.493 e. The maximum atomic E-state index is 15.1. The van der Waals surface area contributed by atoms with Gasteiger partial charge in [0.1, 0.15) is 5.75 Å². The number of rotatable bonds is 9. The predicted octanol–water partition coefficient (Wildman–Crippen LogP) is 5.54. The highest BCUT2D eigenvalue weighted by Crippen LogP contribution is 2.37. The molecule has 2 N–H and O–H groups in total. The fourth-order valence-corrected chi connectivity index (χ4v) is 3.87. The Labute approximate surface area is 198 Å². The number of ether oxygens (including phenoxy) is 3. The number of nitrogens with zero attached hydrogens (tertiary/aromatic N) is 2. The first kappa shape index (κ1) is 23.3. The van der Waals surface area contributed by atoms with Crippen molar-refractivity contribution in [3.8, 4) is 23.0 Å². The Kier molecular flexibility index (Phi) is 7.13. The number of pyridine rings is 1. The molecule has 0 amide bonds. The van der Waals surface area contributed by atoms with Crippen LogP contribution in [0.2, 0.25) is 0 Å². The molecule has 1 atom stereocenters. The minimum atomic E-state index is -0.478.